The van der Waals surface area contributed by atoms with Crippen LogP contribution in [0.15, 0.2) is 11.8 Å². The minimum Gasteiger partial charge on any atom is -0.383 e. The Labute approximate surface area is 126 Å². The summed E-state index contributed by atoms with van der Waals surface area (Å²) in [5.74, 6) is 0.0595. The average Bonchev–Trinajstić information content (AvgIpc) is 2.49. The topological polar surface area (TPSA) is 61.9 Å². The molecule has 2 aliphatic rings. The molecule has 1 fully saturated rings. The van der Waals surface area contributed by atoms with Gasteiger partial charge in [-0.1, -0.05) is 6.08 Å². The lowest BCUT2D eigenvalue weighted by Crippen LogP contribution is -2.51. The van der Waals surface area contributed by atoms with Gasteiger partial charge in [0.1, 0.15) is 0 Å². The quantitative estimate of drug-likeness (QED) is 0.768. The Bertz CT molecular complexity index is 409. The zero-order valence-electron chi connectivity index (χ0n) is 12.8. The van der Waals surface area contributed by atoms with Crippen LogP contribution >= 0.6 is 0 Å². The highest BCUT2D eigenvalue weighted by Crippen LogP contribution is 2.21. The zero-order valence-corrected chi connectivity index (χ0v) is 12.8. The lowest BCUT2D eigenvalue weighted by atomic mass is 10.0. The zero-order chi connectivity index (χ0) is 15.1. The third-order valence-electron chi connectivity index (χ3n) is 3.91. The minimum atomic E-state index is -0.00521. The number of carbonyl (C=O) groups is 2. The number of piperazine rings is 1. The summed E-state index contributed by atoms with van der Waals surface area (Å²) in [4.78, 5) is 27.7. The fourth-order valence-corrected chi connectivity index (χ4v) is 2.78. The van der Waals surface area contributed by atoms with E-state index in [-0.39, 0.29) is 11.8 Å². The van der Waals surface area contributed by atoms with Crippen LogP contribution in [0, 0.1) is 0 Å². The Hall–Kier alpha value is -1.40. The van der Waals surface area contributed by atoms with Crippen LogP contribution in [0.25, 0.3) is 0 Å². The molecule has 1 saturated heterocycles. The van der Waals surface area contributed by atoms with Crippen molar-refractivity contribution in [3.8, 4) is 0 Å². The first kappa shape index (κ1) is 16.0. The third-order valence-corrected chi connectivity index (χ3v) is 3.91. The second kappa shape index (κ2) is 8.14. The van der Waals surface area contributed by atoms with Crippen LogP contribution in [0.1, 0.15) is 25.7 Å². The summed E-state index contributed by atoms with van der Waals surface area (Å²) >= 11 is 0. The number of allylic oxidation sites excluding steroid dienone is 2. The molecule has 0 saturated carbocycles. The van der Waals surface area contributed by atoms with Gasteiger partial charge in [0.2, 0.25) is 11.8 Å². The third kappa shape index (κ3) is 4.82. The number of rotatable bonds is 6. The molecule has 0 radical (unpaired) electrons. The molecule has 2 rings (SSSR count). The van der Waals surface area contributed by atoms with E-state index in [1.165, 1.54) is 6.42 Å². The normalized spacial score (nSPS) is 19.9. The number of hydrogen-bond acceptors (Lipinski definition) is 4. The molecule has 1 heterocycles. The van der Waals surface area contributed by atoms with Gasteiger partial charge in [0.25, 0.3) is 0 Å². The summed E-state index contributed by atoms with van der Waals surface area (Å²) in [6.07, 6.45) is 6.49. The summed E-state index contributed by atoms with van der Waals surface area (Å²) in [5.41, 5.74) is 1.12. The molecule has 0 bridgehead atoms. The SMILES string of the molecule is COCCN(C(=O)CN1CCNC(=O)C1)C1=CCCCC1. The standard InChI is InChI=1S/C15H25N3O3/c1-21-10-9-18(13-5-3-2-4-6-13)15(20)12-17-8-7-16-14(19)11-17/h5H,2-4,6-12H2,1H3,(H,16,19). The van der Waals surface area contributed by atoms with E-state index in [1.807, 2.05) is 9.80 Å². The van der Waals surface area contributed by atoms with Crippen molar-refractivity contribution in [2.24, 2.45) is 0 Å². The van der Waals surface area contributed by atoms with Crippen LogP contribution in [-0.2, 0) is 14.3 Å². The van der Waals surface area contributed by atoms with Crippen molar-refractivity contribution >= 4 is 11.8 Å². The van der Waals surface area contributed by atoms with Crippen LogP contribution in [0.2, 0.25) is 0 Å². The lowest BCUT2D eigenvalue weighted by molar-refractivity contribution is -0.133. The Morgan fingerprint density at radius 3 is 3.00 bits per heavy atom. The van der Waals surface area contributed by atoms with Crippen LogP contribution in [0.5, 0.6) is 0 Å². The largest absolute Gasteiger partial charge is 0.383 e. The molecule has 118 valence electrons. The Kier molecular flexibility index (Phi) is 6.20. The van der Waals surface area contributed by atoms with Gasteiger partial charge < -0.3 is 15.0 Å². The second-order valence-corrected chi connectivity index (χ2v) is 5.54. The van der Waals surface area contributed by atoms with Gasteiger partial charge in [-0.2, -0.15) is 0 Å². The van der Waals surface area contributed by atoms with Gasteiger partial charge in [0.05, 0.1) is 19.7 Å². The van der Waals surface area contributed by atoms with E-state index in [9.17, 15) is 9.59 Å². The number of hydrogen-bond donors (Lipinski definition) is 1. The molecular formula is C15H25N3O3. The van der Waals surface area contributed by atoms with Gasteiger partial charge in [0.15, 0.2) is 0 Å². The van der Waals surface area contributed by atoms with Crippen LogP contribution in [0.3, 0.4) is 0 Å². The minimum absolute atomic E-state index is 0.00521. The Morgan fingerprint density at radius 1 is 1.48 bits per heavy atom. The van der Waals surface area contributed by atoms with E-state index >= 15 is 0 Å². The summed E-state index contributed by atoms with van der Waals surface area (Å²) in [6.45, 7) is 3.07. The summed E-state index contributed by atoms with van der Waals surface area (Å²) in [5, 5.41) is 2.78. The second-order valence-electron chi connectivity index (χ2n) is 5.54. The van der Waals surface area contributed by atoms with Crippen LogP contribution < -0.4 is 5.32 Å². The number of carbonyl (C=O) groups excluding carboxylic acids is 2. The smallest absolute Gasteiger partial charge is 0.240 e. The van der Waals surface area contributed by atoms with E-state index in [0.717, 1.165) is 31.5 Å². The molecule has 6 nitrogen and oxygen atoms in total. The number of nitrogens with zero attached hydrogens (tertiary/aromatic N) is 2. The van der Waals surface area contributed by atoms with Crippen molar-refractivity contribution in [2.45, 2.75) is 25.7 Å². The lowest BCUT2D eigenvalue weighted by Gasteiger charge is -2.31. The van der Waals surface area contributed by atoms with Gasteiger partial charge in [-0.15, -0.1) is 0 Å². The fraction of sp³-hybridized carbons (Fsp3) is 0.733. The van der Waals surface area contributed by atoms with E-state index in [4.69, 9.17) is 4.74 Å². The van der Waals surface area contributed by atoms with Gasteiger partial charge >= 0.3 is 0 Å². The molecule has 0 spiro atoms. The fourth-order valence-electron chi connectivity index (χ4n) is 2.78. The number of nitrogens with one attached hydrogen (secondary N) is 1. The molecule has 0 aromatic heterocycles. The molecule has 0 aromatic carbocycles. The highest BCUT2D eigenvalue weighted by atomic mass is 16.5. The summed E-state index contributed by atoms with van der Waals surface area (Å²) in [6, 6.07) is 0. The van der Waals surface area contributed by atoms with Crippen LogP contribution in [-0.4, -0.2) is 68.1 Å². The molecule has 21 heavy (non-hydrogen) atoms. The predicted molar refractivity (Wildman–Crippen MR) is 79.6 cm³/mol. The van der Waals surface area contributed by atoms with Crippen molar-refractivity contribution in [2.75, 3.05) is 46.4 Å². The number of methoxy groups -OCH3 is 1. The Morgan fingerprint density at radius 2 is 2.33 bits per heavy atom. The first-order valence-corrected chi connectivity index (χ1v) is 7.68. The first-order valence-electron chi connectivity index (χ1n) is 7.68. The van der Waals surface area contributed by atoms with Crippen molar-refractivity contribution in [1.82, 2.24) is 15.1 Å². The number of ether oxygens (including phenoxy) is 1. The van der Waals surface area contributed by atoms with Crippen molar-refractivity contribution < 1.29 is 14.3 Å². The average molecular weight is 295 g/mol. The molecule has 0 atom stereocenters. The maximum Gasteiger partial charge on any atom is 0.240 e. The van der Waals surface area contributed by atoms with Crippen LogP contribution in [0.4, 0.5) is 0 Å². The van der Waals surface area contributed by atoms with Gasteiger partial charge in [-0.25, -0.2) is 0 Å². The molecule has 1 aliphatic heterocycles. The molecule has 1 N–H and O–H groups in total. The first-order chi connectivity index (χ1) is 10.2. The van der Waals surface area contributed by atoms with E-state index in [1.54, 1.807) is 7.11 Å². The predicted octanol–water partition coefficient (Wildman–Crippen LogP) is 0.351. The maximum atomic E-state index is 12.6. The highest BCUT2D eigenvalue weighted by Gasteiger charge is 2.24. The van der Waals surface area contributed by atoms with E-state index < -0.39 is 0 Å². The monoisotopic (exact) mass is 295 g/mol. The molecule has 6 heteroatoms. The van der Waals surface area contributed by atoms with E-state index in [0.29, 0.717) is 32.8 Å². The van der Waals surface area contributed by atoms with Gasteiger partial charge in [-0.05, 0) is 25.7 Å². The summed E-state index contributed by atoms with van der Waals surface area (Å²) in [7, 11) is 1.65. The summed E-state index contributed by atoms with van der Waals surface area (Å²) < 4.78 is 5.12. The van der Waals surface area contributed by atoms with Crippen molar-refractivity contribution in [1.29, 1.82) is 0 Å². The van der Waals surface area contributed by atoms with Gasteiger partial charge in [0, 0.05) is 32.4 Å². The van der Waals surface area contributed by atoms with Gasteiger partial charge in [-0.3, -0.25) is 14.5 Å². The van der Waals surface area contributed by atoms with E-state index in [2.05, 4.69) is 11.4 Å². The maximum absolute atomic E-state index is 12.6. The molecule has 0 aromatic rings. The molecule has 2 amide bonds. The highest BCUT2D eigenvalue weighted by molar-refractivity contribution is 5.82. The van der Waals surface area contributed by atoms with Crippen molar-refractivity contribution in [3.63, 3.8) is 0 Å². The van der Waals surface area contributed by atoms with Crippen molar-refractivity contribution in [3.05, 3.63) is 11.8 Å². The molecule has 0 unspecified atom stereocenters. The Balaban J connectivity index is 1.96. The number of amides is 2. The molecular weight excluding hydrogens is 270 g/mol. The molecule has 1 aliphatic carbocycles.